The van der Waals surface area contributed by atoms with Crippen molar-refractivity contribution in [3.8, 4) is 5.75 Å². The van der Waals surface area contributed by atoms with E-state index in [0.29, 0.717) is 19.4 Å². The van der Waals surface area contributed by atoms with Crippen LogP contribution < -0.4 is 4.74 Å². The van der Waals surface area contributed by atoms with Crippen LogP contribution in [0.5, 0.6) is 5.75 Å². The summed E-state index contributed by atoms with van der Waals surface area (Å²) in [5.74, 6) is 0.874. The van der Waals surface area contributed by atoms with Crippen LogP contribution in [0.4, 0.5) is 0 Å². The molecule has 3 nitrogen and oxygen atoms in total. The van der Waals surface area contributed by atoms with E-state index in [1.54, 1.807) is 6.08 Å². The number of benzene rings is 2. The van der Waals surface area contributed by atoms with Gasteiger partial charge in [-0.05, 0) is 67.5 Å². The molecule has 30 heavy (non-hydrogen) atoms. The lowest BCUT2D eigenvalue weighted by Crippen LogP contribution is -2.29. The van der Waals surface area contributed by atoms with Crippen molar-refractivity contribution in [1.82, 2.24) is 0 Å². The van der Waals surface area contributed by atoms with Crippen molar-refractivity contribution in [2.24, 2.45) is 0 Å². The van der Waals surface area contributed by atoms with Gasteiger partial charge < -0.3 is 14.6 Å². The largest absolute Gasteiger partial charge is 0.489 e. The van der Waals surface area contributed by atoms with Gasteiger partial charge in [0.2, 0.25) is 0 Å². The first-order valence-corrected chi connectivity index (χ1v) is 11.5. The van der Waals surface area contributed by atoms with E-state index in [2.05, 4.69) is 56.8 Å². The topological polar surface area (TPSA) is 38.7 Å². The maximum atomic E-state index is 10.4. The van der Waals surface area contributed by atoms with Crippen molar-refractivity contribution in [2.45, 2.75) is 58.3 Å². The molecule has 1 saturated heterocycles. The third-order valence-electron chi connectivity index (χ3n) is 6.00. The average Bonchev–Trinajstić information content (AvgIpc) is 3.12. The van der Waals surface area contributed by atoms with E-state index in [9.17, 15) is 5.11 Å². The van der Waals surface area contributed by atoms with Crippen molar-refractivity contribution in [3.05, 3.63) is 76.2 Å². The van der Waals surface area contributed by atoms with Gasteiger partial charge in [-0.15, -0.1) is 11.3 Å². The highest BCUT2D eigenvalue weighted by molar-refractivity contribution is 7.19. The molecule has 0 radical (unpaired) electrons. The molecule has 2 aromatic carbocycles. The van der Waals surface area contributed by atoms with Gasteiger partial charge in [0.15, 0.2) is 0 Å². The highest BCUT2D eigenvalue weighted by Crippen LogP contribution is 2.41. The Labute approximate surface area is 183 Å². The fourth-order valence-corrected chi connectivity index (χ4v) is 5.46. The number of thiophene rings is 1. The Kier molecular flexibility index (Phi) is 6.28. The smallest absolute Gasteiger partial charge is 0.128 e. The predicted molar refractivity (Wildman–Crippen MR) is 125 cm³/mol. The summed E-state index contributed by atoms with van der Waals surface area (Å²) in [6.45, 7) is 10.6. The SMILES string of the molecule is C=CCOc1c(C2CC(O)CC(C)O2)cc(Cc2cc3ccccc3s2)c(C)c1C. The van der Waals surface area contributed by atoms with Crippen molar-refractivity contribution in [2.75, 3.05) is 6.61 Å². The number of aliphatic hydroxyl groups is 1. The van der Waals surface area contributed by atoms with Gasteiger partial charge in [-0.25, -0.2) is 0 Å². The van der Waals surface area contributed by atoms with Crippen LogP contribution in [0.3, 0.4) is 0 Å². The van der Waals surface area contributed by atoms with E-state index in [0.717, 1.165) is 23.3 Å². The van der Waals surface area contributed by atoms with Crippen LogP contribution in [0.2, 0.25) is 0 Å². The normalized spacial score (nSPS) is 21.7. The maximum Gasteiger partial charge on any atom is 0.128 e. The summed E-state index contributed by atoms with van der Waals surface area (Å²) in [6.07, 6.45) is 3.44. The molecule has 1 fully saturated rings. The van der Waals surface area contributed by atoms with Gasteiger partial charge in [0.25, 0.3) is 0 Å². The molecule has 1 aromatic heterocycles. The monoisotopic (exact) mass is 422 g/mol. The van der Waals surface area contributed by atoms with Gasteiger partial charge >= 0.3 is 0 Å². The molecule has 0 bridgehead atoms. The Hall–Kier alpha value is -2.14. The second-order valence-electron chi connectivity index (χ2n) is 8.29. The minimum absolute atomic E-state index is 0.0265. The van der Waals surface area contributed by atoms with Crippen molar-refractivity contribution >= 4 is 21.4 Å². The molecule has 1 aliphatic rings. The summed E-state index contributed by atoms with van der Waals surface area (Å²) < 4.78 is 13.7. The molecule has 4 rings (SSSR count). The van der Waals surface area contributed by atoms with Crippen LogP contribution >= 0.6 is 11.3 Å². The van der Waals surface area contributed by atoms with Crippen molar-refractivity contribution in [1.29, 1.82) is 0 Å². The number of hydrogen-bond acceptors (Lipinski definition) is 4. The lowest BCUT2D eigenvalue weighted by molar-refractivity contribution is -0.0902. The van der Waals surface area contributed by atoms with Crippen LogP contribution in [0.1, 0.15) is 53.0 Å². The highest BCUT2D eigenvalue weighted by atomic mass is 32.1. The van der Waals surface area contributed by atoms with Crippen LogP contribution in [0, 0.1) is 13.8 Å². The molecule has 2 heterocycles. The van der Waals surface area contributed by atoms with Gasteiger partial charge in [0.05, 0.1) is 18.3 Å². The van der Waals surface area contributed by atoms with E-state index < -0.39 is 0 Å². The fraction of sp³-hybridized carbons (Fsp3) is 0.385. The van der Waals surface area contributed by atoms with Gasteiger partial charge in [-0.1, -0.05) is 30.9 Å². The van der Waals surface area contributed by atoms with Gasteiger partial charge in [0.1, 0.15) is 12.4 Å². The first-order chi connectivity index (χ1) is 14.5. The lowest BCUT2D eigenvalue weighted by atomic mass is 9.89. The van der Waals surface area contributed by atoms with Crippen molar-refractivity contribution in [3.63, 3.8) is 0 Å². The number of hydrogen-bond donors (Lipinski definition) is 1. The van der Waals surface area contributed by atoms with Crippen molar-refractivity contribution < 1.29 is 14.6 Å². The minimum Gasteiger partial charge on any atom is -0.489 e. The standard InChI is InChI=1S/C26H30O3S/c1-5-10-28-26-18(4)17(3)20(13-22-12-19-8-6-7-9-25(19)30-22)14-23(26)24-15-21(27)11-16(2)29-24/h5-9,12,14,16,21,24,27H,1,10-11,13,15H2,2-4H3. The molecule has 158 valence electrons. The third-order valence-corrected chi connectivity index (χ3v) is 7.11. The van der Waals surface area contributed by atoms with Crippen LogP contribution in [0.25, 0.3) is 10.1 Å². The van der Waals surface area contributed by atoms with Crippen LogP contribution in [-0.4, -0.2) is 23.9 Å². The molecule has 4 heteroatoms. The fourth-order valence-electron chi connectivity index (χ4n) is 4.38. The van der Waals surface area contributed by atoms with Gasteiger partial charge in [0, 0.05) is 28.0 Å². The number of ether oxygens (including phenoxy) is 2. The molecular formula is C26H30O3S. The molecule has 0 aliphatic carbocycles. The summed E-state index contributed by atoms with van der Waals surface area (Å²) in [5, 5.41) is 11.6. The zero-order valence-corrected chi connectivity index (χ0v) is 18.8. The maximum absolute atomic E-state index is 10.4. The number of fused-ring (bicyclic) bond motifs is 1. The Balaban J connectivity index is 1.74. The minimum atomic E-state index is -0.348. The van der Waals surface area contributed by atoms with E-state index in [-0.39, 0.29) is 18.3 Å². The first kappa shape index (κ1) is 21.1. The van der Waals surface area contributed by atoms with Crippen LogP contribution in [-0.2, 0) is 11.2 Å². The van der Waals surface area contributed by atoms with E-state index in [1.807, 2.05) is 18.3 Å². The van der Waals surface area contributed by atoms with Gasteiger partial charge in [-0.3, -0.25) is 0 Å². The quantitative estimate of drug-likeness (QED) is 0.476. The average molecular weight is 423 g/mol. The van der Waals surface area contributed by atoms with E-state index >= 15 is 0 Å². The second kappa shape index (κ2) is 8.93. The molecule has 0 saturated carbocycles. The van der Waals surface area contributed by atoms with E-state index in [1.165, 1.54) is 26.1 Å². The Bertz CT molecular complexity index is 1010. The zero-order chi connectivity index (χ0) is 21.3. The molecule has 0 spiro atoms. The second-order valence-corrected chi connectivity index (χ2v) is 9.46. The lowest BCUT2D eigenvalue weighted by Gasteiger charge is -2.33. The summed E-state index contributed by atoms with van der Waals surface area (Å²) in [7, 11) is 0. The molecule has 3 aromatic rings. The highest BCUT2D eigenvalue weighted by Gasteiger charge is 2.30. The molecule has 1 aliphatic heterocycles. The molecule has 3 atom stereocenters. The zero-order valence-electron chi connectivity index (χ0n) is 18.0. The number of aliphatic hydroxyl groups excluding tert-OH is 1. The first-order valence-electron chi connectivity index (χ1n) is 10.6. The molecule has 0 amide bonds. The van der Waals surface area contributed by atoms with E-state index in [4.69, 9.17) is 9.47 Å². The molecule has 3 unspecified atom stereocenters. The Morgan fingerprint density at radius 3 is 2.73 bits per heavy atom. The summed E-state index contributed by atoms with van der Waals surface area (Å²) in [5.41, 5.74) is 4.72. The summed E-state index contributed by atoms with van der Waals surface area (Å²) >= 11 is 1.85. The Morgan fingerprint density at radius 1 is 1.20 bits per heavy atom. The third kappa shape index (κ3) is 4.31. The van der Waals surface area contributed by atoms with Crippen LogP contribution in [0.15, 0.2) is 49.1 Å². The van der Waals surface area contributed by atoms with Gasteiger partial charge in [-0.2, -0.15) is 0 Å². The molecule has 1 N–H and O–H groups in total. The predicted octanol–water partition coefficient (Wildman–Crippen LogP) is 6.27. The molecular weight excluding hydrogens is 392 g/mol. The summed E-state index contributed by atoms with van der Waals surface area (Å²) in [4.78, 5) is 1.35. The summed E-state index contributed by atoms with van der Waals surface area (Å²) in [6, 6.07) is 13.1. The Morgan fingerprint density at radius 2 is 2.00 bits per heavy atom. The number of rotatable bonds is 6.